The minimum Gasteiger partial charge on any atom is -0.396 e. The van der Waals surface area contributed by atoms with E-state index in [1.165, 1.54) is 11.3 Å². The number of aliphatic hydroxyl groups excluding tert-OH is 1. The molecule has 3 nitrogen and oxygen atoms in total. The quantitative estimate of drug-likeness (QED) is 0.706. The van der Waals surface area contributed by atoms with Crippen molar-refractivity contribution in [2.24, 2.45) is 0 Å². The molecule has 2 N–H and O–H groups in total. The Hall–Kier alpha value is -0.870. The molecule has 1 aromatic heterocycles. The summed E-state index contributed by atoms with van der Waals surface area (Å²) >= 11 is 1.45. The number of nitrogens with one attached hydrogen (secondary N) is 1. The second kappa shape index (κ2) is 6.56. The predicted molar refractivity (Wildman–Crippen MR) is 57.6 cm³/mol. The van der Waals surface area contributed by atoms with Gasteiger partial charge in [-0.1, -0.05) is 6.07 Å². The average molecular weight is 213 g/mol. The highest BCUT2D eigenvalue weighted by Crippen LogP contribution is 2.07. The van der Waals surface area contributed by atoms with Crippen molar-refractivity contribution < 1.29 is 9.90 Å². The average Bonchev–Trinajstić information content (AvgIpc) is 2.70. The van der Waals surface area contributed by atoms with Gasteiger partial charge in [-0.3, -0.25) is 4.79 Å². The van der Waals surface area contributed by atoms with Gasteiger partial charge in [-0.2, -0.15) is 0 Å². The van der Waals surface area contributed by atoms with Crippen LogP contribution in [0.15, 0.2) is 17.5 Å². The number of carbonyl (C=O) groups excluding carboxylic acids is 1. The molecule has 78 valence electrons. The second-order valence-electron chi connectivity index (χ2n) is 3.02. The fourth-order valence-corrected chi connectivity index (χ4v) is 1.75. The Labute approximate surface area is 87.8 Å². The molecule has 0 aromatic carbocycles. The number of hydrogen-bond donors (Lipinski definition) is 2. The van der Waals surface area contributed by atoms with Crippen molar-refractivity contribution in [2.75, 3.05) is 13.2 Å². The first-order valence-corrected chi connectivity index (χ1v) is 5.65. The van der Waals surface area contributed by atoms with E-state index in [0.29, 0.717) is 6.54 Å². The zero-order chi connectivity index (χ0) is 10.2. The zero-order valence-electron chi connectivity index (χ0n) is 8.03. The van der Waals surface area contributed by atoms with Crippen molar-refractivity contribution in [1.29, 1.82) is 0 Å². The first-order chi connectivity index (χ1) is 6.84. The maximum absolute atomic E-state index is 11.4. The third kappa shape index (κ3) is 3.89. The lowest BCUT2D eigenvalue weighted by atomic mass is 10.2. The van der Waals surface area contributed by atoms with Crippen LogP contribution >= 0.6 is 11.3 Å². The van der Waals surface area contributed by atoms with Crippen molar-refractivity contribution in [1.82, 2.24) is 5.32 Å². The molecule has 0 aliphatic rings. The zero-order valence-corrected chi connectivity index (χ0v) is 8.85. The molecule has 0 fully saturated rings. The minimum atomic E-state index is 0.00370. The van der Waals surface area contributed by atoms with Crippen molar-refractivity contribution in [3.63, 3.8) is 0 Å². The van der Waals surface area contributed by atoms with Gasteiger partial charge in [0.05, 0.1) is 4.88 Å². The van der Waals surface area contributed by atoms with Crippen LogP contribution in [0, 0.1) is 0 Å². The molecule has 0 bridgehead atoms. The van der Waals surface area contributed by atoms with Crippen molar-refractivity contribution in [3.05, 3.63) is 22.4 Å². The van der Waals surface area contributed by atoms with E-state index in [9.17, 15) is 4.79 Å². The van der Waals surface area contributed by atoms with E-state index in [0.717, 1.165) is 24.1 Å². The van der Waals surface area contributed by atoms with Crippen LogP contribution in [0.3, 0.4) is 0 Å². The number of amides is 1. The van der Waals surface area contributed by atoms with Crippen LogP contribution in [-0.4, -0.2) is 24.2 Å². The van der Waals surface area contributed by atoms with E-state index in [4.69, 9.17) is 5.11 Å². The number of unbranched alkanes of at least 4 members (excludes halogenated alkanes) is 2. The van der Waals surface area contributed by atoms with E-state index in [1.807, 2.05) is 17.5 Å². The first-order valence-electron chi connectivity index (χ1n) is 4.77. The highest BCUT2D eigenvalue weighted by atomic mass is 32.1. The van der Waals surface area contributed by atoms with Gasteiger partial charge in [-0.25, -0.2) is 0 Å². The highest BCUT2D eigenvalue weighted by molar-refractivity contribution is 7.12. The molecule has 0 radical (unpaired) electrons. The van der Waals surface area contributed by atoms with Gasteiger partial charge in [-0.15, -0.1) is 11.3 Å². The largest absolute Gasteiger partial charge is 0.396 e. The third-order valence-electron chi connectivity index (χ3n) is 1.87. The van der Waals surface area contributed by atoms with Gasteiger partial charge >= 0.3 is 0 Å². The van der Waals surface area contributed by atoms with E-state index in [2.05, 4.69) is 5.32 Å². The lowest BCUT2D eigenvalue weighted by molar-refractivity contribution is 0.0957. The van der Waals surface area contributed by atoms with Crippen molar-refractivity contribution >= 4 is 17.2 Å². The van der Waals surface area contributed by atoms with Crippen LogP contribution < -0.4 is 5.32 Å². The Bertz CT molecular complexity index is 259. The summed E-state index contributed by atoms with van der Waals surface area (Å²) in [6, 6.07) is 3.68. The number of carbonyl (C=O) groups is 1. The molecule has 0 aliphatic heterocycles. The van der Waals surface area contributed by atoms with E-state index >= 15 is 0 Å². The van der Waals surface area contributed by atoms with Crippen LogP contribution in [0.4, 0.5) is 0 Å². The molecule has 1 aromatic rings. The van der Waals surface area contributed by atoms with E-state index in [1.54, 1.807) is 0 Å². The van der Waals surface area contributed by atoms with Crippen LogP contribution in [0.5, 0.6) is 0 Å². The van der Waals surface area contributed by atoms with E-state index < -0.39 is 0 Å². The molecule has 0 saturated carbocycles. The summed E-state index contributed by atoms with van der Waals surface area (Å²) in [4.78, 5) is 12.1. The Morgan fingerprint density at radius 1 is 1.43 bits per heavy atom. The third-order valence-corrected chi connectivity index (χ3v) is 2.73. The fraction of sp³-hybridized carbons (Fsp3) is 0.500. The minimum absolute atomic E-state index is 0.00370. The SMILES string of the molecule is O=C(NCCCCCO)c1cccs1. The Morgan fingerprint density at radius 2 is 2.29 bits per heavy atom. The van der Waals surface area contributed by atoms with Gasteiger partial charge in [0.15, 0.2) is 0 Å². The molecule has 14 heavy (non-hydrogen) atoms. The summed E-state index contributed by atoms with van der Waals surface area (Å²) in [5.41, 5.74) is 0. The summed E-state index contributed by atoms with van der Waals surface area (Å²) in [5.74, 6) is 0.00370. The lowest BCUT2D eigenvalue weighted by Gasteiger charge is -2.02. The van der Waals surface area contributed by atoms with E-state index in [-0.39, 0.29) is 12.5 Å². The molecule has 4 heteroatoms. The summed E-state index contributed by atoms with van der Waals surface area (Å²) in [6.45, 7) is 0.926. The Morgan fingerprint density at radius 3 is 2.93 bits per heavy atom. The Kier molecular flexibility index (Phi) is 5.25. The maximum atomic E-state index is 11.4. The predicted octanol–water partition coefficient (Wildman–Crippen LogP) is 1.64. The topological polar surface area (TPSA) is 49.3 Å². The van der Waals surface area contributed by atoms with Gasteiger partial charge < -0.3 is 10.4 Å². The molecule has 1 heterocycles. The molecule has 1 amide bonds. The molecule has 0 spiro atoms. The normalized spacial score (nSPS) is 10.1. The fourth-order valence-electron chi connectivity index (χ4n) is 1.11. The molecular weight excluding hydrogens is 198 g/mol. The van der Waals surface area contributed by atoms with Crippen LogP contribution in [0.25, 0.3) is 0 Å². The van der Waals surface area contributed by atoms with Crippen LogP contribution in [0.1, 0.15) is 28.9 Å². The van der Waals surface area contributed by atoms with Gasteiger partial charge in [0, 0.05) is 13.2 Å². The van der Waals surface area contributed by atoms with Gasteiger partial charge in [-0.05, 0) is 30.7 Å². The van der Waals surface area contributed by atoms with Crippen LogP contribution in [-0.2, 0) is 0 Å². The monoisotopic (exact) mass is 213 g/mol. The van der Waals surface area contributed by atoms with Crippen molar-refractivity contribution in [3.8, 4) is 0 Å². The summed E-state index contributed by atoms with van der Waals surface area (Å²) in [7, 11) is 0. The smallest absolute Gasteiger partial charge is 0.261 e. The lowest BCUT2D eigenvalue weighted by Crippen LogP contribution is -2.23. The maximum Gasteiger partial charge on any atom is 0.261 e. The number of thiophene rings is 1. The summed E-state index contributed by atoms with van der Waals surface area (Å²) in [5, 5.41) is 13.3. The first kappa shape index (κ1) is 11.2. The summed E-state index contributed by atoms with van der Waals surface area (Å²) < 4.78 is 0. The van der Waals surface area contributed by atoms with Gasteiger partial charge in [0.1, 0.15) is 0 Å². The van der Waals surface area contributed by atoms with Crippen LogP contribution in [0.2, 0.25) is 0 Å². The number of aliphatic hydroxyl groups is 1. The van der Waals surface area contributed by atoms with Crippen molar-refractivity contribution in [2.45, 2.75) is 19.3 Å². The molecule has 0 unspecified atom stereocenters. The highest BCUT2D eigenvalue weighted by Gasteiger charge is 2.03. The molecule has 0 atom stereocenters. The Balaban J connectivity index is 2.10. The standard InChI is InChI=1S/C10H15NO2S/c12-7-3-1-2-6-11-10(13)9-5-4-8-14-9/h4-5,8,12H,1-3,6-7H2,(H,11,13). The molecule has 0 saturated heterocycles. The number of rotatable bonds is 6. The molecular formula is C10H15NO2S. The molecule has 0 aliphatic carbocycles. The second-order valence-corrected chi connectivity index (χ2v) is 3.97. The summed E-state index contributed by atoms with van der Waals surface area (Å²) in [6.07, 6.45) is 2.70. The molecule has 1 rings (SSSR count). The van der Waals surface area contributed by atoms with Gasteiger partial charge in [0.25, 0.3) is 5.91 Å². The number of hydrogen-bond acceptors (Lipinski definition) is 3. The van der Waals surface area contributed by atoms with Gasteiger partial charge in [0.2, 0.25) is 0 Å².